The Hall–Kier alpha value is -1.46. The molecule has 0 saturated heterocycles. The van der Waals surface area contributed by atoms with Gasteiger partial charge in [-0.15, -0.1) is 0 Å². The molecule has 1 unspecified atom stereocenters. The molecule has 0 heterocycles. The van der Waals surface area contributed by atoms with Gasteiger partial charge in [0.05, 0.1) is 4.92 Å². The molecule has 116 valence electrons. The maximum Gasteiger partial charge on any atom is 0.269 e. The number of rotatable bonds is 9. The van der Waals surface area contributed by atoms with Crippen LogP contribution in [0.5, 0.6) is 0 Å². The summed E-state index contributed by atoms with van der Waals surface area (Å²) in [6, 6.07) is 7.92. The molecule has 1 saturated carbocycles. The van der Waals surface area contributed by atoms with Crippen LogP contribution in [0.2, 0.25) is 0 Å². The maximum absolute atomic E-state index is 10.9. The molecule has 1 aliphatic carbocycles. The van der Waals surface area contributed by atoms with E-state index in [9.17, 15) is 10.1 Å². The van der Waals surface area contributed by atoms with Crippen LogP contribution in [0.3, 0.4) is 0 Å². The van der Waals surface area contributed by atoms with Crippen LogP contribution in [0.25, 0.3) is 0 Å². The van der Waals surface area contributed by atoms with Crippen molar-refractivity contribution in [2.45, 2.75) is 45.2 Å². The quantitative estimate of drug-likeness (QED) is 0.561. The average molecular weight is 291 g/mol. The highest BCUT2D eigenvalue weighted by Crippen LogP contribution is 2.26. The summed E-state index contributed by atoms with van der Waals surface area (Å²) in [4.78, 5) is 13.0. The maximum atomic E-state index is 10.9. The molecule has 1 fully saturated rings. The van der Waals surface area contributed by atoms with E-state index in [1.54, 1.807) is 18.2 Å². The molecule has 21 heavy (non-hydrogen) atoms. The zero-order chi connectivity index (χ0) is 15.2. The summed E-state index contributed by atoms with van der Waals surface area (Å²) in [5.41, 5.74) is 1.17. The predicted molar refractivity (Wildman–Crippen MR) is 84.4 cm³/mol. The van der Waals surface area contributed by atoms with Crippen LogP contribution in [-0.4, -0.2) is 35.5 Å². The van der Waals surface area contributed by atoms with Gasteiger partial charge in [-0.2, -0.15) is 0 Å². The molecular formula is C16H25N3O2. The van der Waals surface area contributed by atoms with Gasteiger partial charge in [0.1, 0.15) is 0 Å². The molecule has 2 rings (SSSR count). The Bertz CT molecular complexity index is 474. The van der Waals surface area contributed by atoms with E-state index < -0.39 is 0 Å². The Kier molecular flexibility index (Phi) is 5.70. The van der Waals surface area contributed by atoms with E-state index in [0.717, 1.165) is 37.7 Å². The molecule has 1 N–H and O–H groups in total. The van der Waals surface area contributed by atoms with E-state index in [-0.39, 0.29) is 16.7 Å². The van der Waals surface area contributed by atoms with Crippen molar-refractivity contribution in [3.8, 4) is 0 Å². The number of nitrogens with one attached hydrogen (secondary N) is 1. The summed E-state index contributed by atoms with van der Waals surface area (Å²) in [7, 11) is 0. The Morgan fingerprint density at radius 1 is 1.43 bits per heavy atom. The summed E-state index contributed by atoms with van der Waals surface area (Å²) in [5, 5.41) is 14.4. The molecule has 0 aromatic heterocycles. The van der Waals surface area contributed by atoms with Crippen LogP contribution in [0.4, 0.5) is 5.69 Å². The second-order valence-electron chi connectivity index (χ2n) is 5.63. The van der Waals surface area contributed by atoms with Gasteiger partial charge in [0.15, 0.2) is 0 Å². The summed E-state index contributed by atoms with van der Waals surface area (Å²) in [6.07, 6.45) is 3.59. The number of nitro groups is 1. The van der Waals surface area contributed by atoms with E-state index in [2.05, 4.69) is 24.1 Å². The number of non-ortho nitro benzene ring substituents is 1. The number of likely N-dealkylation sites (N-methyl/N-ethyl adjacent to an activating group) is 1. The minimum Gasteiger partial charge on any atom is -0.309 e. The van der Waals surface area contributed by atoms with Crippen LogP contribution in [0.1, 0.15) is 44.7 Å². The first kappa shape index (κ1) is 15.9. The number of hydrogen-bond acceptors (Lipinski definition) is 4. The van der Waals surface area contributed by atoms with Crippen molar-refractivity contribution in [2.24, 2.45) is 0 Å². The van der Waals surface area contributed by atoms with Gasteiger partial charge in [0.2, 0.25) is 0 Å². The highest BCUT2D eigenvalue weighted by atomic mass is 16.6. The lowest BCUT2D eigenvalue weighted by molar-refractivity contribution is -0.384. The summed E-state index contributed by atoms with van der Waals surface area (Å²) in [5.74, 6) is 0. The van der Waals surface area contributed by atoms with Gasteiger partial charge in [0, 0.05) is 37.3 Å². The lowest BCUT2D eigenvalue weighted by atomic mass is 10.0. The number of hydrogen-bond donors (Lipinski definition) is 1. The molecule has 1 aliphatic rings. The third kappa shape index (κ3) is 4.51. The smallest absolute Gasteiger partial charge is 0.269 e. The van der Waals surface area contributed by atoms with Crippen molar-refractivity contribution in [1.82, 2.24) is 10.2 Å². The topological polar surface area (TPSA) is 58.4 Å². The summed E-state index contributed by atoms with van der Waals surface area (Å²) >= 11 is 0. The van der Waals surface area contributed by atoms with Crippen molar-refractivity contribution in [3.63, 3.8) is 0 Å². The minimum atomic E-state index is -0.331. The van der Waals surface area contributed by atoms with Crippen molar-refractivity contribution >= 4 is 5.69 Å². The average Bonchev–Trinajstić information content (AvgIpc) is 3.32. The van der Waals surface area contributed by atoms with E-state index in [1.807, 2.05) is 6.07 Å². The third-order valence-electron chi connectivity index (χ3n) is 4.15. The van der Waals surface area contributed by atoms with Gasteiger partial charge < -0.3 is 5.32 Å². The van der Waals surface area contributed by atoms with Crippen LogP contribution in [0, 0.1) is 10.1 Å². The normalized spacial score (nSPS) is 16.1. The fourth-order valence-corrected chi connectivity index (χ4v) is 2.77. The molecular weight excluding hydrogens is 266 g/mol. The highest BCUT2D eigenvalue weighted by Gasteiger charge is 2.27. The first-order valence-corrected chi connectivity index (χ1v) is 7.87. The van der Waals surface area contributed by atoms with Crippen molar-refractivity contribution in [1.29, 1.82) is 0 Å². The van der Waals surface area contributed by atoms with Crippen LogP contribution >= 0.6 is 0 Å². The van der Waals surface area contributed by atoms with Gasteiger partial charge in [-0.25, -0.2) is 0 Å². The fourth-order valence-electron chi connectivity index (χ4n) is 2.77. The molecule has 1 atom stereocenters. The molecule has 0 radical (unpaired) electrons. The van der Waals surface area contributed by atoms with Gasteiger partial charge in [-0.05, 0) is 31.4 Å². The largest absolute Gasteiger partial charge is 0.309 e. The first-order chi connectivity index (χ1) is 10.2. The van der Waals surface area contributed by atoms with Crippen LogP contribution in [0.15, 0.2) is 24.3 Å². The Morgan fingerprint density at radius 2 is 2.19 bits per heavy atom. The number of nitrogens with zero attached hydrogens (tertiary/aromatic N) is 2. The van der Waals surface area contributed by atoms with E-state index in [1.165, 1.54) is 12.8 Å². The lowest BCUT2D eigenvalue weighted by Crippen LogP contribution is -2.35. The molecule has 0 aliphatic heterocycles. The fraction of sp³-hybridized carbons (Fsp3) is 0.625. The van der Waals surface area contributed by atoms with Gasteiger partial charge >= 0.3 is 0 Å². The minimum absolute atomic E-state index is 0.168. The van der Waals surface area contributed by atoms with E-state index >= 15 is 0 Å². The van der Waals surface area contributed by atoms with Gasteiger partial charge in [-0.3, -0.25) is 15.0 Å². The third-order valence-corrected chi connectivity index (χ3v) is 4.15. The highest BCUT2D eigenvalue weighted by molar-refractivity contribution is 5.35. The van der Waals surface area contributed by atoms with Gasteiger partial charge in [0.25, 0.3) is 5.69 Å². The molecule has 1 aromatic carbocycles. The predicted octanol–water partition coefficient (Wildman–Crippen LogP) is 3.12. The number of benzene rings is 1. The van der Waals surface area contributed by atoms with Crippen molar-refractivity contribution in [3.05, 3.63) is 39.9 Å². The Morgan fingerprint density at radius 3 is 2.76 bits per heavy atom. The standard InChI is InChI=1S/C16H25N3O2/c1-3-16(13-6-5-7-15(12-13)19(20)21)17-10-11-18(4-2)14-8-9-14/h5-7,12,14,16-17H,3-4,8-11H2,1-2H3. The molecule has 5 nitrogen and oxygen atoms in total. The monoisotopic (exact) mass is 291 g/mol. The summed E-state index contributed by atoms with van der Waals surface area (Å²) in [6.45, 7) is 7.38. The van der Waals surface area contributed by atoms with E-state index in [0.29, 0.717) is 0 Å². The molecule has 0 amide bonds. The molecule has 1 aromatic rings. The number of nitro benzene ring substituents is 1. The van der Waals surface area contributed by atoms with Crippen LogP contribution < -0.4 is 5.32 Å². The SMILES string of the molecule is CCC(NCCN(CC)C1CC1)c1cccc([N+](=O)[O-])c1. The Labute approximate surface area is 126 Å². The summed E-state index contributed by atoms with van der Waals surface area (Å²) < 4.78 is 0. The van der Waals surface area contributed by atoms with Crippen molar-refractivity contribution < 1.29 is 4.92 Å². The zero-order valence-electron chi connectivity index (χ0n) is 12.9. The van der Waals surface area contributed by atoms with Gasteiger partial charge in [-0.1, -0.05) is 26.0 Å². The van der Waals surface area contributed by atoms with Crippen LogP contribution in [-0.2, 0) is 0 Å². The second kappa shape index (κ2) is 7.52. The zero-order valence-corrected chi connectivity index (χ0v) is 12.9. The second-order valence-corrected chi connectivity index (χ2v) is 5.63. The van der Waals surface area contributed by atoms with Crippen molar-refractivity contribution in [2.75, 3.05) is 19.6 Å². The molecule has 5 heteroatoms. The lowest BCUT2D eigenvalue weighted by Gasteiger charge is -2.23. The first-order valence-electron chi connectivity index (χ1n) is 7.87. The van der Waals surface area contributed by atoms with E-state index in [4.69, 9.17) is 0 Å². The molecule has 0 bridgehead atoms. The molecule has 0 spiro atoms. The Balaban J connectivity index is 1.89.